The van der Waals surface area contributed by atoms with Gasteiger partial charge in [-0.05, 0) is 98.7 Å². The maximum Gasteiger partial charge on any atom is 0.199 e. The number of carbonyl (C=O) groups excluding carboxylic acids is 1. The summed E-state index contributed by atoms with van der Waals surface area (Å²) >= 11 is 0. The van der Waals surface area contributed by atoms with Crippen molar-refractivity contribution >= 4 is 5.78 Å². The highest BCUT2D eigenvalue weighted by atomic mass is 16.7. The van der Waals surface area contributed by atoms with E-state index in [0.717, 1.165) is 82.3 Å². The molecule has 2 saturated carbocycles. The van der Waals surface area contributed by atoms with E-state index in [2.05, 4.69) is 19.1 Å². The van der Waals surface area contributed by atoms with Gasteiger partial charge >= 0.3 is 0 Å². The van der Waals surface area contributed by atoms with Crippen LogP contribution in [0.15, 0.2) is 18.2 Å². The van der Waals surface area contributed by atoms with Crippen LogP contribution >= 0.6 is 0 Å². The van der Waals surface area contributed by atoms with Gasteiger partial charge in [-0.3, -0.25) is 4.79 Å². The Morgan fingerprint density at radius 1 is 0.939 bits per heavy atom. The first-order chi connectivity index (χ1) is 16.1. The van der Waals surface area contributed by atoms with Gasteiger partial charge in [0.2, 0.25) is 0 Å². The number of fused-ring (bicyclic) bond motifs is 5. The molecule has 5 heteroatoms. The molecule has 33 heavy (non-hydrogen) atoms. The molecule has 0 spiro atoms. The Labute approximate surface area is 197 Å². The van der Waals surface area contributed by atoms with Gasteiger partial charge in [-0.2, -0.15) is 0 Å². The molecule has 0 bridgehead atoms. The third-order valence-electron chi connectivity index (χ3n) is 9.36. The largest absolute Gasteiger partial charge is 0.465 e. The first-order valence-electron chi connectivity index (χ1n) is 13.3. The normalized spacial score (nSPS) is 40.6. The highest BCUT2D eigenvalue weighted by Gasteiger charge is 2.56. The molecule has 4 fully saturated rings. The molecule has 5 nitrogen and oxygen atoms in total. The number of ether oxygens (including phenoxy) is 4. The molecule has 2 saturated heterocycles. The summed E-state index contributed by atoms with van der Waals surface area (Å²) in [6.45, 7) is 4.01. The van der Waals surface area contributed by atoms with E-state index in [1.54, 1.807) is 0 Å². The molecule has 0 radical (unpaired) electrons. The van der Waals surface area contributed by atoms with E-state index in [0.29, 0.717) is 24.2 Å². The van der Waals surface area contributed by atoms with Crippen LogP contribution in [0.5, 0.6) is 5.75 Å². The second kappa shape index (κ2) is 8.98. The van der Waals surface area contributed by atoms with Crippen LogP contribution < -0.4 is 4.74 Å². The first-order valence-corrected chi connectivity index (χ1v) is 13.3. The van der Waals surface area contributed by atoms with Crippen molar-refractivity contribution in [1.29, 1.82) is 0 Å². The van der Waals surface area contributed by atoms with Crippen molar-refractivity contribution < 1.29 is 23.7 Å². The molecule has 1 aromatic carbocycles. The number of carbonyl (C=O) groups is 1. The third-order valence-corrected chi connectivity index (χ3v) is 9.36. The van der Waals surface area contributed by atoms with Gasteiger partial charge in [-0.25, -0.2) is 0 Å². The number of rotatable bonds is 4. The number of benzene rings is 1. The van der Waals surface area contributed by atoms with Crippen molar-refractivity contribution in [2.75, 3.05) is 13.2 Å². The fourth-order valence-electron chi connectivity index (χ4n) is 7.59. The number of hydrogen-bond donors (Lipinski definition) is 0. The van der Waals surface area contributed by atoms with Crippen LogP contribution in [-0.2, 0) is 14.2 Å². The van der Waals surface area contributed by atoms with E-state index in [1.165, 1.54) is 12.0 Å². The SMILES string of the molecule is C[C@]12CC[C@@H]3c4ccc(OC5CCCCO5)cc4C(=O)C[C@H]3[C@@H]1CC[C@@H]2OC1CCCCO1. The Morgan fingerprint density at radius 2 is 1.73 bits per heavy atom. The molecule has 2 unspecified atom stereocenters. The molecule has 5 aliphatic rings. The molecule has 180 valence electrons. The molecule has 2 heterocycles. The molecule has 6 rings (SSSR count). The van der Waals surface area contributed by atoms with Crippen molar-refractivity contribution in [1.82, 2.24) is 0 Å². The summed E-state index contributed by atoms with van der Waals surface area (Å²) in [7, 11) is 0. The molecule has 2 aliphatic heterocycles. The van der Waals surface area contributed by atoms with Gasteiger partial charge in [-0.1, -0.05) is 13.0 Å². The van der Waals surface area contributed by atoms with Crippen molar-refractivity contribution in [3.8, 4) is 5.75 Å². The average Bonchev–Trinajstić information content (AvgIpc) is 3.17. The Balaban J connectivity index is 1.19. The number of Topliss-reactive ketones (excluding diaryl/α,β-unsaturated/α-hetero) is 1. The predicted octanol–water partition coefficient (Wildman–Crippen LogP) is 6.00. The monoisotopic (exact) mass is 454 g/mol. The molecule has 0 N–H and O–H groups in total. The second-order valence-electron chi connectivity index (χ2n) is 11.2. The molecule has 1 aromatic rings. The third kappa shape index (κ3) is 4.04. The Bertz CT molecular complexity index is 871. The van der Waals surface area contributed by atoms with Gasteiger partial charge in [-0.15, -0.1) is 0 Å². The van der Waals surface area contributed by atoms with Crippen molar-refractivity contribution in [3.05, 3.63) is 29.3 Å². The zero-order valence-electron chi connectivity index (χ0n) is 19.9. The fraction of sp³-hybridized carbons (Fsp3) is 0.750. The van der Waals surface area contributed by atoms with Crippen LogP contribution in [0.25, 0.3) is 0 Å². The molecule has 0 amide bonds. The minimum atomic E-state index is -0.179. The summed E-state index contributed by atoms with van der Waals surface area (Å²) in [6, 6.07) is 6.21. The zero-order chi connectivity index (χ0) is 22.4. The molecular weight excluding hydrogens is 416 g/mol. The zero-order valence-corrected chi connectivity index (χ0v) is 19.9. The Hall–Kier alpha value is -1.43. The summed E-state index contributed by atoms with van der Waals surface area (Å²) in [5, 5.41) is 0. The van der Waals surface area contributed by atoms with Crippen molar-refractivity contribution in [3.63, 3.8) is 0 Å². The minimum absolute atomic E-state index is 0.0303. The quantitative estimate of drug-likeness (QED) is 0.558. The van der Waals surface area contributed by atoms with E-state index in [1.807, 2.05) is 6.07 Å². The predicted molar refractivity (Wildman–Crippen MR) is 124 cm³/mol. The summed E-state index contributed by atoms with van der Waals surface area (Å²) in [6.07, 6.45) is 11.8. The maximum atomic E-state index is 13.3. The smallest absolute Gasteiger partial charge is 0.199 e. The average molecular weight is 455 g/mol. The molecule has 3 aliphatic carbocycles. The first kappa shape index (κ1) is 22.1. The van der Waals surface area contributed by atoms with Gasteiger partial charge < -0.3 is 18.9 Å². The standard InChI is InChI=1S/C28H38O5/c1-28-13-12-20-19-9-8-18(32-26-6-2-4-14-30-26)16-22(19)24(29)17-21(20)23(28)10-11-25(28)33-27-7-3-5-15-31-27/h8-9,16,20-21,23,25-27H,2-7,10-15,17H2,1H3/t20-,21-,23+,25+,26?,27?,28+/m1/s1. The summed E-state index contributed by atoms with van der Waals surface area (Å²) in [5.74, 6) is 2.51. The van der Waals surface area contributed by atoms with Gasteiger partial charge in [0.05, 0.1) is 12.7 Å². The van der Waals surface area contributed by atoms with Crippen LogP contribution in [0.3, 0.4) is 0 Å². The minimum Gasteiger partial charge on any atom is -0.465 e. The van der Waals surface area contributed by atoms with Crippen molar-refractivity contribution in [2.24, 2.45) is 17.3 Å². The highest BCUT2D eigenvalue weighted by Crippen LogP contribution is 2.61. The lowest BCUT2D eigenvalue weighted by molar-refractivity contribution is -0.212. The van der Waals surface area contributed by atoms with E-state index in [-0.39, 0.29) is 29.9 Å². The number of hydrogen-bond acceptors (Lipinski definition) is 5. The van der Waals surface area contributed by atoms with Gasteiger partial charge in [0.1, 0.15) is 5.75 Å². The fourth-order valence-corrected chi connectivity index (χ4v) is 7.59. The van der Waals surface area contributed by atoms with Gasteiger partial charge in [0.15, 0.2) is 18.4 Å². The summed E-state index contributed by atoms with van der Waals surface area (Å²) in [4.78, 5) is 13.3. The number of ketones is 1. The Morgan fingerprint density at radius 3 is 2.48 bits per heavy atom. The van der Waals surface area contributed by atoms with E-state index < -0.39 is 0 Å². The molecule has 7 atom stereocenters. The van der Waals surface area contributed by atoms with Crippen LogP contribution in [0.2, 0.25) is 0 Å². The highest BCUT2D eigenvalue weighted by molar-refractivity contribution is 5.99. The maximum absolute atomic E-state index is 13.3. The van der Waals surface area contributed by atoms with Crippen LogP contribution in [0, 0.1) is 17.3 Å². The molecule has 0 aromatic heterocycles. The van der Waals surface area contributed by atoms with E-state index in [9.17, 15) is 4.79 Å². The van der Waals surface area contributed by atoms with E-state index >= 15 is 0 Å². The van der Waals surface area contributed by atoms with Crippen molar-refractivity contribution in [2.45, 2.75) is 102 Å². The molecular formula is C28H38O5. The lowest BCUT2D eigenvalue weighted by atomic mass is 9.55. The van der Waals surface area contributed by atoms with E-state index in [4.69, 9.17) is 18.9 Å². The Kier molecular flexibility index (Phi) is 6.00. The van der Waals surface area contributed by atoms with Crippen LogP contribution in [-0.4, -0.2) is 37.7 Å². The van der Waals surface area contributed by atoms with Gasteiger partial charge in [0, 0.05) is 25.0 Å². The second-order valence-corrected chi connectivity index (χ2v) is 11.2. The summed E-state index contributed by atoms with van der Waals surface area (Å²) < 4.78 is 24.3. The van der Waals surface area contributed by atoms with Crippen LogP contribution in [0.4, 0.5) is 0 Å². The lowest BCUT2D eigenvalue weighted by Crippen LogP contribution is -2.46. The summed E-state index contributed by atoms with van der Waals surface area (Å²) in [5.41, 5.74) is 2.28. The van der Waals surface area contributed by atoms with Crippen LogP contribution in [0.1, 0.15) is 99.4 Å². The topological polar surface area (TPSA) is 54.0 Å². The lowest BCUT2D eigenvalue weighted by Gasteiger charge is -2.50. The van der Waals surface area contributed by atoms with Gasteiger partial charge in [0.25, 0.3) is 0 Å².